The summed E-state index contributed by atoms with van der Waals surface area (Å²) in [4.78, 5) is 12.8. The summed E-state index contributed by atoms with van der Waals surface area (Å²) in [6, 6.07) is 11.8. The Morgan fingerprint density at radius 2 is 1.67 bits per heavy atom. The van der Waals surface area contributed by atoms with Crippen LogP contribution in [0.4, 0.5) is 5.69 Å². The third-order valence-electron chi connectivity index (χ3n) is 5.19. The van der Waals surface area contributed by atoms with Crippen LogP contribution < -0.4 is 5.32 Å². The average Bonchev–Trinajstić information content (AvgIpc) is 3.28. The molecule has 1 N–H and O–H groups in total. The molecule has 9 heteroatoms. The number of nitrogens with one attached hydrogen (secondary N) is 1. The zero-order chi connectivity index (χ0) is 21.8. The lowest BCUT2D eigenvalue weighted by atomic mass is 10.2. The van der Waals surface area contributed by atoms with Gasteiger partial charge in [0.05, 0.1) is 27.4 Å². The van der Waals surface area contributed by atoms with Crippen molar-refractivity contribution >= 4 is 31.3 Å². The third kappa shape index (κ3) is 5.08. The van der Waals surface area contributed by atoms with Crippen LogP contribution in [0.5, 0.6) is 0 Å². The molecule has 0 atom stereocenters. The van der Waals surface area contributed by atoms with Gasteiger partial charge in [-0.05, 0) is 55.3 Å². The van der Waals surface area contributed by atoms with E-state index in [2.05, 4.69) is 5.32 Å². The second kappa shape index (κ2) is 9.28. The lowest BCUT2D eigenvalue weighted by Gasteiger charge is -2.13. The predicted octanol–water partition coefficient (Wildman–Crippen LogP) is 3.08. The molecule has 30 heavy (non-hydrogen) atoms. The number of methoxy groups -OCH3 is 1. The number of carbonyl (C=O) groups excluding carboxylic acids is 1. The molecule has 1 fully saturated rings. The Kier molecular flexibility index (Phi) is 6.95. The SMILES string of the molecule is COCCS(=O)(=O)c1ccc(C(=O)Nc2cccc(S(=O)(=O)C3CCCC3)c2)cc1. The summed E-state index contributed by atoms with van der Waals surface area (Å²) in [5.41, 5.74) is 0.639. The molecular formula is C21H25NO6S2. The van der Waals surface area contributed by atoms with Crippen LogP contribution in [-0.2, 0) is 24.4 Å². The topological polar surface area (TPSA) is 107 Å². The summed E-state index contributed by atoms with van der Waals surface area (Å²) in [5.74, 6) is -0.594. The molecule has 0 spiro atoms. The molecule has 0 radical (unpaired) electrons. The highest BCUT2D eigenvalue weighted by Gasteiger charge is 2.30. The van der Waals surface area contributed by atoms with Gasteiger partial charge in [0.2, 0.25) is 0 Å². The molecule has 0 bridgehead atoms. The lowest BCUT2D eigenvalue weighted by Crippen LogP contribution is -2.18. The minimum absolute atomic E-state index is 0.0880. The molecule has 0 saturated heterocycles. The highest BCUT2D eigenvalue weighted by molar-refractivity contribution is 7.92. The number of amides is 1. The number of rotatable bonds is 8. The van der Waals surface area contributed by atoms with Gasteiger partial charge >= 0.3 is 0 Å². The smallest absolute Gasteiger partial charge is 0.255 e. The van der Waals surface area contributed by atoms with Crippen molar-refractivity contribution in [3.8, 4) is 0 Å². The molecule has 1 aliphatic carbocycles. The Morgan fingerprint density at radius 1 is 1.00 bits per heavy atom. The first-order valence-corrected chi connectivity index (χ1v) is 12.9. The van der Waals surface area contributed by atoms with Gasteiger partial charge in [-0.1, -0.05) is 18.9 Å². The molecule has 1 saturated carbocycles. The maximum absolute atomic E-state index is 12.8. The predicted molar refractivity (Wildman–Crippen MR) is 114 cm³/mol. The van der Waals surface area contributed by atoms with Crippen molar-refractivity contribution < 1.29 is 26.4 Å². The van der Waals surface area contributed by atoms with Crippen molar-refractivity contribution in [1.29, 1.82) is 0 Å². The van der Waals surface area contributed by atoms with Gasteiger partial charge in [0.15, 0.2) is 19.7 Å². The fourth-order valence-corrected chi connectivity index (χ4v) is 6.54. The molecule has 0 aliphatic heterocycles. The Bertz CT molecular complexity index is 1100. The molecule has 3 rings (SSSR count). The van der Waals surface area contributed by atoms with Crippen LogP contribution in [0.2, 0.25) is 0 Å². The van der Waals surface area contributed by atoms with Crippen LogP contribution in [0.15, 0.2) is 58.3 Å². The van der Waals surface area contributed by atoms with Crippen LogP contribution in [0, 0.1) is 0 Å². The zero-order valence-electron chi connectivity index (χ0n) is 16.7. The number of benzene rings is 2. The maximum atomic E-state index is 12.8. The van der Waals surface area contributed by atoms with E-state index in [9.17, 15) is 21.6 Å². The van der Waals surface area contributed by atoms with E-state index in [0.717, 1.165) is 12.8 Å². The molecule has 2 aromatic rings. The summed E-state index contributed by atoms with van der Waals surface area (Å²) < 4.78 is 54.7. The molecular weight excluding hydrogens is 426 g/mol. The maximum Gasteiger partial charge on any atom is 0.255 e. The molecule has 1 aliphatic rings. The second-order valence-corrected chi connectivity index (χ2v) is 11.6. The van der Waals surface area contributed by atoms with Crippen LogP contribution in [0.3, 0.4) is 0 Å². The van der Waals surface area contributed by atoms with E-state index in [1.165, 1.54) is 37.4 Å². The lowest BCUT2D eigenvalue weighted by molar-refractivity contribution is 0.102. The third-order valence-corrected chi connectivity index (χ3v) is 9.15. The second-order valence-electron chi connectivity index (χ2n) is 7.27. The largest absolute Gasteiger partial charge is 0.384 e. The van der Waals surface area contributed by atoms with Crippen molar-refractivity contribution in [1.82, 2.24) is 0 Å². The molecule has 7 nitrogen and oxygen atoms in total. The molecule has 0 aromatic heterocycles. The number of sulfone groups is 2. The van der Waals surface area contributed by atoms with Gasteiger partial charge in [0, 0.05) is 18.4 Å². The van der Waals surface area contributed by atoms with Crippen LogP contribution >= 0.6 is 0 Å². The van der Waals surface area contributed by atoms with Crippen LogP contribution in [0.25, 0.3) is 0 Å². The van der Waals surface area contributed by atoms with Gasteiger partial charge in [-0.25, -0.2) is 16.8 Å². The number of carbonyl (C=O) groups is 1. The first kappa shape index (κ1) is 22.5. The van der Waals surface area contributed by atoms with Crippen molar-refractivity contribution in [3.05, 3.63) is 54.1 Å². The van der Waals surface area contributed by atoms with Gasteiger partial charge in [0.25, 0.3) is 5.91 Å². The van der Waals surface area contributed by atoms with Gasteiger partial charge in [0.1, 0.15) is 0 Å². The fourth-order valence-electron chi connectivity index (χ4n) is 3.47. The van der Waals surface area contributed by atoms with E-state index >= 15 is 0 Å². The number of hydrogen-bond donors (Lipinski definition) is 1. The van der Waals surface area contributed by atoms with Crippen molar-refractivity contribution in [3.63, 3.8) is 0 Å². The number of hydrogen-bond acceptors (Lipinski definition) is 6. The highest BCUT2D eigenvalue weighted by atomic mass is 32.2. The summed E-state index contributed by atoms with van der Waals surface area (Å²) in [5, 5.41) is 2.32. The van der Waals surface area contributed by atoms with Crippen molar-refractivity contribution in [2.45, 2.75) is 40.7 Å². The zero-order valence-corrected chi connectivity index (χ0v) is 18.3. The number of anilines is 1. The van der Waals surface area contributed by atoms with Crippen molar-refractivity contribution in [2.24, 2.45) is 0 Å². The minimum atomic E-state index is -3.48. The Hall–Kier alpha value is -2.23. The van der Waals surface area contributed by atoms with E-state index < -0.39 is 25.6 Å². The van der Waals surface area contributed by atoms with Gasteiger partial charge in [-0.3, -0.25) is 4.79 Å². The molecule has 1 amide bonds. The Balaban J connectivity index is 1.73. The molecule has 0 heterocycles. The van der Waals surface area contributed by atoms with E-state index in [-0.39, 0.29) is 33.0 Å². The summed E-state index contributed by atoms with van der Waals surface area (Å²) in [6.07, 6.45) is 3.16. The standard InChI is InChI=1S/C21H25NO6S2/c1-28-13-14-29(24,25)18-11-9-16(10-12-18)21(23)22-17-5-4-8-20(15-17)30(26,27)19-6-2-3-7-19/h4-5,8-12,15,19H,2-3,6-7,13-14H2,1H3,(H,22,23). The van der Waals surface area contributed by atoms with E-state index in [1.54, 1.807) is 18.2 Å². The fraction of sp³-hybridized carbons (Fsp3) is 0.381. The van der Waals surface area contributed by atoms with Crippen molar-refractivity contribution in [2.75, 3.05) is 24.8 Å². The monoisotopic (exact) mass is 451 g/mol. The van der Waals surface area contributed by atoms with Crippen LogP contribution in [-0.4, -0.2) is 47.5 Å². The minimum Gasteiger partial charge on any atom is -0.384 e. The van der Waals surface area contributed by atoms with Crippen LogP contribution in [0.1, 0.15) is 36.0 Å². The Morgan fingerprint density at radius 3 is 2.30 bits per heavy atom. The van der Waals surface area contributed by atoms with E-state index in [4.69, 9.17) is 4.74 Å². The summed E-state index contributed by atoms with van der Waals surface area (Å²) in [7, 11) is -5.47. The van der Waals surface area contributed by atoms with E-state index in [0.29, 0.717) is 18.5 Å². The molecule has 0 unspecified atom stereocenters. The summed E-state index contributed by atoms with van der Waals surface area (Å²) >= 11 is 0. The normalized spacial score (nSPS) is 15.2. The Labute approximate surface area is 177 Å². The highest BCUT2D eigenvalue weighted by Crippen LogP contribution is 2.30. The van der Waals surface area contributed by atoms with E-state index in [1.807, 2.05) is 0 Å². The molecule has 2 aromatic carbocycles. The first-order chi connectivity index (χ1) is 14.2. The van der Waals surface area contributed by atoms with Gasteiger partial charge < -0.3 is 10.1 Å². The molecule has 162 valence electrons. The van der Waals surface area contributed by atoms with Gasteiger partial charge in [-0.2, -0.15) is 0 Å². The first-order valence-electron chi connectivity index (χ1n) is 9.71. The van der Waals surface area contributed by atoms with Gasteiger partial charge in [-0.15, -0.1) is 0 Å². The average molecular weight is 452 g/mol. The quantitative estimate of drug-likeness (QED) is 0.661. The summed E-state index contributed by atoms with van der Waals surface area (Å²) in [6.45, 7) is 0.0880. The number of ether oxygens (including phenoxy) is 1.